The van der Waals surface area contributed by atoms with E-state index in [4.69, 9.17) is 10.2 Å². The third-order valence-corrected chi connectivity index (χ3v) is 5.01. The predicted octanol–water partition coefficient (Wildman–Crippen LogP) is 1.84. The van der Waals surface area contributed by atoms with Gasteiger partial charge in [0.15, 0.2) is 0 Å². The van der Waals surface area contributed by atoms with Crippen molar-refractivity contribution in [2.75, 3.05) is 6.54 Å². The van der Waals surface area contributed by atoms with Crippen LogP contribution in [0.25, 0.3) is 0 Å². The number of sulfonamides is 1. The fourth-order valence-electron chi connectivity index (χ4n) is 2.66. The highest BCUT2D eigenvalue weighted by Crippen LogP contribution is 2.28. The molecule has 0 radical (unpaired) electrons. The van der Waals surface area contributed by atoms with Gasteiger partial charge in [-0.25, -0.2) is 13.1 Å². The van der Waals surface area contributed by atoms with Crippen LogP contribution in [0.5, 0.6) is 0 Å². The zero-order chi connectivity index (χ0) is 13.9. The van der Waals surface area contributed by atoms with Gasteiger partial charge in [-0.05, 0) is 36.8 Å². The molecule has 1 aromatic heterocycles. The molecule has 5 nitrogen and oxygen atoms in total. The molecule has 0 aromatic carbocycles. The van der Waals surface area contributed by atoms with Crippen LogP contribution < -0.4 is 10.5 Å². The van der Waals surface area contributed by atoms with Crippen molar-refractivity contribution >= 4 is 10.0 Å². The smallest absolute Gasteiger partial charge is 0.273 e. The molecule has 0 bridgehead atoms. The van der Waals surface area contributed by atoms with Crippen LogP contribution in [-0.4, -0.2) is 15.0 Å². The lowest BCUT2D eigenvalue weighted by Crippen LogP contribution is -2.31. The van der Waals surface area contributed by atoms with Gasteiger partial charge in [-0.2, -0.15) is 0 Å². The Kier molecular flexibility index (Phi) is 4.65. The summed E-state index contributed by atoms with van der Waals surface area (Å²) >= 11 is 0. The monoisotopic (exact) mass is 286 g/mol. The Morgan fingerprint density at radius 2 is 2.21 bits per heavy atom. The predicted molar refractivity (Wildman–Crippen MR) is 72.9 cm³/mol. The highest BCUT2D eigenvalue weighted by atomic mass is 32.2. The van der Waals surface area contributed by atoms with Crippen molar-refractivity contribution in [3.8, 4) is 0 Å². The average molecular weight is 286 g/mol. The molecule has 2 rings (SSSR count). The third-order valence-electron chi connectivity index (χ3n) is 3.71. The molecule has 0 amide bonds. The first kappa shape index (κ1) is 14.6. The van der Waals surface area contributed by atoms with Gasteiger partial charge in [0, 0.05) is 6.54 Å². The van der Waals surface area contributed by atoms with Crippen LogP contribution in [0.3, 0.4) is 0 Å². The third kappa shape index (κ3) is 3.81. The second kappa shape index (κ2) is 6.07. The lowest BCUT2D eigenvalue weighted by Gasteiger charge is -2.26. The molecule has 1 aromatic rings. The van der Waals surface area contributed by atoms with Gasteiger partial charge < -0.3 is 10.2 Å². The number of nitrogens with one attached hydrogen (secondary N) is 1. The maximum Gasteiger partial charge on any atom is 0.273 e. The minimum atomic E-state index is -3.54. The van der Waals surface area contributed by atoms with Gasteiger partial charge in [0.1, 0.15) is 5.76 Å². The van der Waals surface area contributed by atoms with E-state index in [-0.39, 0.29) is 11.6 Å². The summed E-state index contributed by atoms with van der Waals surface area (Å²) in [6.45, 7) is 2.92. The number of rotatable bonds is 5. The summed E-state index contributed by atoms with van der Waals surface area (Å²) in [5.41, 5.74) is 5.40. The van der Waals surface area contributed by atoms with Crippen LogP contribution in [-0.2, 0) is 16.6 Å². The van der Waals surface area contributed by atoms with Crippen molar-refractivity contribution < 1.29 is 12.8 Å². The average Bonchev–Trinajstić information content (AvgIpc) is 2.86. The molecule has 108 valence electrons. The Labute approximate surface area is 114 Å². The van der Waals surface area contributed by atoms with Gasteiger partial charge in [-0.15, -0.1) is 0 Å². The van der Waals surface area contributed by atoms with Gasteiger partial charge >= 0.3 is 0 Å². The zero-order valence-corrected chi connectivity index (χ0v) is 12.1. The van der Waals surface area contributed by atoms with E-state index >= 15 is 0 Å². The van der Waals surface area contributed by atoms with E-state index in [0.29, 0.717) is 24.1 Å². The van der Waals surface area contributed by atoms with Crippen molar-refractivity contribution in [1.82, 2.24) is 4.72 Å². The number of hydrogen-bond donors (Lipinski definition) is 2. The highest BCUT2D eigenvalue weighted by molar-refractivity contribution is 7.89. The van der Waals surface area contributed by atoms with Crippen LogP contribution in [0.4, 0.5) is 0 Å². The Hall–Kier alpha value is -0.850. The summed E-state index contributed by atoms with van der Waals surface area (Å²) < 4.78 is 31.9. The minimum absolute atomic E-state index is 0.0446. The van der Waals surface area contributed by atoms with Gasteiger partial charge in [-0.1, -0.05) is 19.8 Å². The van der Waals surface area contributed by atoms with Gasteiger partial charge in [-0.3, -0.25) is 0 Å². The number of furan rings is 1. The lowest BCUT2D eigenvalue weighted by molar-refractivity contribution is 0.282. The molecule has 0 saturated heterocycles. The van der Waals surface area contributed by atoms with Crippen molar-refractivity contribution in [3.05, 3.63) is 17.9 Å². The highest BCUT2D eigenvalue weighted by Gasteiger charge is 2.23. The van der Waals surface area contributed by atoms with E-state index in [1.54, 1.807) is 6.07 Å². The summed E-state index contributed by atoms with van der Waals surface area (Å²) in [6, 6.07) is 3.05. The summed E-state index contributed by atoms with van der Waals surface area (Å²) in [5.74, 6) is 1.60. The Morgan fingerprint density at radius 1 is 1.42 bits per heavy atom. The van der Waals surface area contributed by atoms with Crippen molar-refractivity contribution in [2.45, 2.75) is 44.2 Å². The summed E-state index contributed by atoms with van der Waals surface area (Å²) in [7, 11) is -3.54. The normalized spacial score (nSPS) is 24.5. The maximum absolute atomic E-state index is 12.0. The summed E-state index contributed by atoms with van der Waals surface area (Å²) in [4.78, 5) is 0. The topological polar surface area (TPSA) is 85.3 Å². The molecule has 1 aliphatic carbocycles. The van der Waals surface area contributed by atoms with Gasteiger partial charge in [0.2, 0.25) is 5.09 Å². The van der Waals surface area contributed by atoms with E-state index in [2.05, 4.69) is 11.6 Å². The van der Waals surface area contributed by atoms with Gasteiger partial charge in [0.25, 0.3) is 10.0 Å². The first-order chi connectivity index (χ1) is 9.01. The van der Waals surface area contributed by atoms with E-state index in [1.165, 1.54) is 18.9 Å². The molecule has 1 saturated carbocycles. The zero-order valence-electron chi connectivity index (χ0n) is 11.3. The van der Waals surface area contributed by atoms with E-state index in [1.807, 2.05) is 0 Å². The van der Waals surface area contributed by atoms with Crippen molar-refractivity contribution in [3.63, 3.8) is 0 Å². The molecule has 0 aliphatic heterocycles. The molecule has 1 heterocycles. The molecule has 2 unspecified atom stereocenters. The largest absolute Gasteiger partial charge is 0.447 e. The number of hydrogen-bond acceptors (Lipinski definition) is 4. The fourth-order valence-corrected chi connectivity index (χ4v) is 3.72. The molecular formula is C13H22N2O3S. The van der Waals surface area contributed by atoms with E-state index in [9.17, 15) is 8.42 Å². The Balaban J connectivity index is 1.93. The maximum atomic E-state index is 12.0. The van der Waals surface area contributed by atoms with Crippen LogP contribution >= 0.6 is 0 Å². The first-order valence-electron chi connectivity index (χ1n) is 6.79. The quantitative estimate of drug-likeness (QED) is 0.865. The van der Waals surface area contributed by atoms with Crippen molar-refractivity contribution in [1.29, 1.82) is 0 Å². The van der Waals surface area contributed by atoms with Crippen LogP contribution in [0.2, 0.25) is 0 Å². The van der Waals surface area contributed by atoms with Crippen molar-refractivity contribution in [2.24, 2.45) is 17.6 Å². The molecule has 0 spiro atoms. The molecular weight excluding hydrogens is 264 g/mol. The van der Waals surface area contributed by atoms with E-state index < -0.39 is 10.0 Å². The Bertz CT molecular complexity index is 510. The summed E-state index contributed by atoms with van der Waals surface area (Å²) in [6.07, 6.45) is 4.63. The molecule has 1 fully saturated rings. The first-order valence-corrected chi connectivity index (χ1v) is 8.28. The molecule has 3 N–H and O–H groups in total. The lowest BCUT2D eigenvalue weighted by atomic mass is 9.83. The molecule has 1 aliphatic rings. The second-order valence-electron chi connectivity index (χ2n) is 5.41. The van der Waals surface area contributed by atoms with Crippen LogP contribution in [0, 0.1) is 11.8 Å². The minimum Gasteiger partial charge on any atom is -0.447 e. The standard InChI is InChI=1S/C13H22N2O3S/c1-10-3-2-4-11(7-10)9-15-19(16,17)13-6-5-12(8-14)18-13/h5-6,10-11,15H,2-4,7-9,14H2,1H3. The fraction of sp³-hybridized carbons (Fsp3) is 0.692. The molecule has 19 heavy (non-hydrogen) atoms. The summed E-state index contributed by atoms with van der Waals surface area (Å²) in [5, 5.41) is -0.0446. The second-order valence-corrected chi connectivity index (χ2v) is 7.11. The molecule has 2 atom stereocenters. The Morgan fingerprint density at radius 3 is 2.84 bits per heavy atom. The number of nitrogens with two attached hydrogens (primary N) is 1. The van der Waals surface area contributed by atoms with E-state index in [0.717, 1.165) is 12.8 Å². The van der Waals surface area contributed by atoms with Crippen LogP contribution in [0.15, 0.2) is 21.6 Å². The molecule has 6 heteroatoms. The SMILES string of the molecule is CC1CCCC(CNS(=O)(=O)c2ccc(CN)o2)C1. The van der Waals surface area contributed by atoms with Gasteiger partial charge in [0.05, 0.1) is 6.54 Å². The van der Waals surface area contributed by atoms with Crippen LogP contribution in [0.1, 0.15) is 38.4 Å².